The van der Waals surface area contributed by atoms with Gasteiger partial charge in [-0.15, -0.1) is 0 Å². The zero-order valence-corrected chi connectivity index (χ0v) is 14.3. The molecule has 1 unspecified atom stereocenters. The number of carbonyl (C=O) groups is 1. The maximum atomic E-state index is 12.0. The van der Waals surface area contributed by atoms with Crippen LogP contribution in [-0.4, -0.2) is 65.9 Å². The Morgan fingerprint density at radius 3 is 2.43 bits per heavy atom. The lowest BCUT2D eigenvalue weighted by molar-refractivity contribution is 0.0171. The van der Waals surface area contributed by atoms with Gasteiger partial charge in [0.25, 0.3) is 0 Å². The van der Waals surface area contributed by atoms with E-state index in [1.807, 2.05) is 32.6 Å². The Morgan fingerprint density at radius 2 is 1.95 bits per heavy atom. The molecule has 0 saturated carbocycles. The third kappa shape index (κ3) is 7.67. The summed E-state index contributed by atoms with van der Waals surface area (Å²) in [5.41, 5.74) is -0.421. The average molecular weight is 300 g/mol. The smallest absolute Gasteiger partial charge is 0.410 e. The van der Waals surface area contributed by atoms with Crippen molar-refractivity contribution in [1.82, 2.24) is 9.80 Å². The van der Waals surface area contributed by atoms with Crippen LogP contribution in [0.3, 0.4) is 0 Å². The summed E-state index contributed by atoms with van der Waals surface area (Å²) in [6.07, 6.45) is 2.44. The highest BCUT2D eigenvalue weighted by Gasteiger charge is 2.27. The first-order valence-corrected chi connectivity index (χ1v) is 8.02. The van der Waals surface area contributed by atoms with E-state index in [9.17, 15) is 9.90 Å². The molecule has 5 nitrogen and oxygen atoms in total. The molecule has 1 fully saturated rings. The maximum absolute atomic E-state index is 12.0. The molecular formula is C16H32N2O3. The van der Waals surface area contributed by atoms with Gasteiger partial charge >= 0.3 is 6.09 Å². The Morgan fingerprint density at radius 1 is 1.38 bits per heavy atom. The molecule has 0 radical (unpaired) electrons. The van der Waals surface area contributed by atoms with E-state index in [4.69, 9.17) is 4.74 Å². The molecule has 1 amide bonds. The van der Waals surface area contributed by atoms with E-state index in [1.165, 1.54) is 0 Å². The van der Waals surface area contributed by atoms with Crippen LogP contribution in [0.4, 0.5) is 4.79 Å². The van der Waals surface area contributed by atoms with Crippen molar-refractivity contribution in [3.8, 4) is 0 Å². The average Bonchev–Trinajstić information content (AvgIpc) is 2.35. The second kappa shape index (κ2) is 7.99. The van der Waals surface area contributed by atoms with E-state index in [-0.39, 0.29) is 12.2 Å². The van der Waals surface area contributed by atoms with Crippen molar-refractivity contribution in [3.63, 3.8) is 0 Å². The third-order valence-corrected chi connectivity index (χ3v) is 3.76. The van der Waals surface area contributed by atoms with Gasteiger partial charge in [-0.05, 0) is 59.9 Å². The van der Waals surface area contributed by atoms with Crippen LogP contribution < -0.4 is 0 Å². The predicted octanol–water partition coefficient (Wildman–Crippen LogP) is 2.34. The number of aliphatic hydroxyl groups excluding tert-OH is 1. The molecule has 124 valence electrons. The highest BCUT2D eigenvalue weighted by atomic mass is 16.6. The Kier molecular flexibility index (Phi) is 6.94. The fraction of sp³-hybridized carbons (Fsp3) is 0.938. The van der Waals surface area contributed by atoms with E-state index in [0.717, 1.165) is 45.4 Å². The van der Waals surface area contributed by atoms with Crippen molar-refractivity contribution in [2.75, 3.05) is 33.2 Å². The Bertz CT molecular complexity index is 318. The molecule has 1 N–H and O–H groups in total. The van der Waals surface area contributed by atoms with Crippen LogP contribution in [0, 0.1) is 5.92 Å². The summed E-state index contributed by atoms with van der Waals surface area (Å²) >= 11 is 0. The number of nitrogens with zero attached hydrogens (tertiary/aromatic N) is 2. The van der Waals surface area contributed by atoms with Crippen LogP contribution in [0.5, 0.6) is 0 Å². The van der Waals surface area contributed by atoms with E-state index < -0.39 is 5.60 Å². The standard InChI is InChI=1S/C16H32N2O3/c1-13(19)6-9-17(5)12-14-7-10-18(11-8-14)15(20)21-16(2,3)4/h13-14,19H,6-12H2,1-5H3. The van der Waals surface area contributed by atoms with Crippen molar-refractivity contribution < 1.29 is 14.6 Å². The summed E-state index contributed by atoms with van der Waals surface area (Å²) in [5, 5.41) is 9.31. The van der Waals surface area contributed by atoms with Gasteiger partial charge in [-0.25, -0.2) is 4.79 Å². The summed E-state index contributed by atoms with van der Waals surface area (Å²) < 4.78 is 5.41. The number of carbonyl (C=O) groups excluding carboxylic acids is 1. The fourth-order valence-corrected chi connectivity index (χ4v) is 2.56. The molecule has 5 heteroatoms. The van der Waals surface area contributed by atoms with Gasteiger partial charge in [-0.1, -0.05) is 0 Å². The predicted molar refractivity (Wildman–Crippen MR) is 84.3 cm³/mol. The Hall–Kier alpha value is -0.810. The minimum atomic E-state index is -0.421. The highest BCUT2D eigenvalue weighted by molar-refractivity contribution is 5.68. The molecule has 21 heavy (non-hydrogen) atoms. The lowest BCUT2D eigenvalue weighted by Crippen LogP contribution is -2.43. The van der Waals surface area contributed by atoms with Gasteiger partial charge < -0.3 is 19.6 Å². The van der Waals surface area contributed by atoms with Crippen molar-refractivity contribution in [2.45, 2.75) is 58.7 Å². The summed E-state index contributed by atoms with van der Waals surface area (Å²) in [5.74, 6) is 0.627. The van der Waals surface area contributed by atoms with E-state index >= 15 is 0 Å². The SMILES string of the molecule is CC(O)CCN(C)CC1CCN(C(=O)OC(C)(C)C)CC1. The third-order valence-electron chi connectivity index (χ3n) is 3.76. The van der Waals surface area contributed by atoms with Crippen molar-refractivity contribution in [3.05, 3.63) is 0 Å². The number of likely N-dealkylation sites (tertiary alicyclic amines) is 1. The van der Waals surface area contributed by atoms with Gasteiger partial charge in [-0.3, -0.25) is 0 Å². The number of amides is 1. The highest BCUT2D eigenvalue weighted by Crippen LogP contribution is 2.20. The molecule has 0 aliphatic carbocycles. The number of hydrogen-bond donors (Lipinski definition) is 1. The molecule has 0 bridgehead atoms. The number of hydrogen-bond acceptors (Lipinski definition) is 4. The second-order valence-electron chi connectivity index (χ2n) is 7.31. The van der Waals surface area contributed by atoms with Crippen molar-refractivity contribution in [2.24, 2.45) is 5.92 Å². The fourth-order valence-electron chi connectivity index (χ4n) is 2.56. The van der Waals surface area contributed by atoms with Gasteiger partial charge in [0.15, 0.2) is 0 Å². The first-order chi connectivity index (χ1) is 9.67. The first-order valence-electron chi connectivity index (χ1n) is 8.02. The van der Waals surface area contributed by atoms with Crippen LogP contribution >= 0.6 is 0 Å². The van der Waals surface area contributed by atoms with E-state index in [2.05, 4.69) is 11.9 Å². The monoisotopic (exact) mass is 300 g/mol. The lowest BCUT2D eigenvalue weighted by atomic mass is 9.96. The zero-order valence-electron chi connectivity index (χ0n) is 14.3. The van der Waals surface area contributed by atoms with Gasteiger partial charge in [0.05, 0.1) is 6.10 Å². The Balaban J connectivity index is 2.27. The zero-order chi connectivity index (χ0) is 16.0. The van der Waals surface area contributed by atoms with Crippen molar-refractivity contribution >= 4 is 6.09 Å². The second-order valence-corrected chi connectivity index (χ2v) is 7.31. The van der Waals surface area contributed by atoms with Crippen LogP contribution in [0.1, 0.15) is 47.0 Å². The van der Waals surface area contributed by atoms with Crippen LogP contribution in [0.25, 0.3) is 0 Å². The number of ether oxygens (including phenoxy) is 1. The molecule has 0 spiro atoms. The largest absolute Gasteiger partial charge is 0.444 e. The molecule has 1 aliphatic heterocycles. The summed E-state index contributed by atoms with van der Waals surface area (Å²) in [6, 6.07) is 0. The maximum Gasteiger partial charge on any atom is 0.410 e. The first kappa shape index (κ1) is 18.2. The quantitative estimate of drug-likeness (QED) is 0.847. The lowest BCUT2D eigenvalue weighted by Gasteiger charge is -2.35. The van der Waals surface area contributed by atoms with Crippen LogP contribution in [-0.2, 0) is 4.74 Å². The van der Waals surface area contributed by atoms with Gasteiger partial charge in [-0.2, -0.15) is 0 Å². The molecule has 1 saturated heterocycles. The molecule has 1 rings (SSSR count). The summed E-state index contributed by atoms with van der Waals surface area (Å²) in [7, 11) is 2.10. The van der Waals surface area contributed by atoms with Gasteiger partial charge in [0, 0.05) is 26.2 Å². The number of piperidine rings is 1. The minimum absolute atomic E-state index is 0.191. The normalized spacial score (nSPS) is 18.9. The summed E-state index contributed by atoms with van der Waals surface area (Å²) in [6.45, 7) is 11.0. The molecule has 0 aromatic rings. The topological polar surface area (TPSA) is 53.0 Å². The Labute approximate surface area is 129 Å². The molecule has 1 atom stereocenters. The number of aliphatic hydroxyl groups is 1. The van der Waals surface area contributed by atoms with Gasteiger partial charge in [0.1, 0.15) is 5.60 Å². The molecule has 1 heterocycles. The molecule has 1 aliphatic rings. The van der Waals surface area contributed by atoms with E-state index in [1.54, 1.807) is 0 Å². The van der Waals surface area contributed by atoms with Crippen molar-refractivity contribution in [1.29, 1.82) is 0 Å². The van der Waals surface area contributed by atoms with E-state index in [0.29, 0.717) is 5.92 Å². The molecular weight excluding hydrogens is 268 g/mol. The minimum Gasteiger partial charge on any atom is -0.444 e. The molecule has 0 aromatic heterocycles. The van der Waals surface area contributed by atoms with Crippen LogP contribution in [0.2, 0.25) is 0 Å². The number of rotatable bonds is 5. The van der Waals surface area contributed by atoms with Gasteiger partial charge in [0.2, 0.25) is 0 Å². The summed E-state index contributed by atoms with van der Waals surface area (Å²) in [4.78, 5) is 16.1. The van der Waals surface area contributed by atoms with Crippen LogP contribution in [0.15, 0.2) is 0 Å². The molecule has 0 aromatic carbocycles.